The number of hydrogen-bond donors (Lipinski definition) is 2. The Hall–Kier alpha value is -1.34. The largest absolute Gasteiger partial charge is 0.480 e. The molecular formula is C17H23Cl2N3O3. The van der Waals surface area contributed by atoms with E-state index in [1.165, 1.54) is 0 Å². The topological polar surface area (TPSA) is 72.9 Å². The zero-order valence-corrected chi connectivity index (χ0v) is 15.7. The second kappa shape index (κ2) is 9.38. The van der Waals surface area contributed by atoms with Crippen molar-refractivity contribution in [3.05, 3.63) is 28.2 Å². The Kier molecular flexibility index (Phi) is 7.50. The van der Waals surface area contributed by atoms with Crippen LogP contribution in [0.15, 0.2) is 18.2 Å². The predicted molar refractivity (Wildman–Crippen MR) is 99.4 cm³/mol. The van der Waals surface area contributed by atoms with Gasteiger partial charge in [0.25, 0.3) is 0 Å². The van der Waals surface area contributed by atoms with E-state index in [0.717, 1.165) is 25.9 Å². The predicted octanol–water partition coefficient (Wildman–Crippen LogP) is 2.80. The van der Waals surface area contributed by atoms with Gasteiger partial charge in [-0.25, -0.2) is 0 Å². The van der Waals surface area contributed by atoms with Gasteiger partial charge in [0, 0.05) is 19.1 Å². The fourth-order valence-electron chi connectivity index (χ4n) is 3.11. The van der Waals surface area contributed by atoms with E-state index >= 15 is 0 Å². The highest BCUT2D eigenvalue weighted by atomic mass is 35.5. The molecule has 0 aromatic heterocycles. The molecule has 2 rings (SSSR count). The van der Waals surface area contributed by atoms with E-state index in [9.17, 15) is 9.59 Å². The van der Waals surface area contributed by atoms with Crippen LogP contribution in [0.3, 0.4) is 0 Å². The summed E-state index contributed by atoms with van der Waals surface area (Å²) in [6, 6.07) is 5.37. The molecule has 2 N–H and O–H groups in total. The first-order valence-electron chi connectivity index (χ1n) is 8.32. The van der Waals surface area contributed by atoms with Gasteiger partial charge in [0.05, 0.1) is 28.8 Å². The fourth-order valence-corrected chi connectivity index (χ4v) is 3.46. The van der Waals surface area contributed by atoms with Crippen molar-refractivity contribution in [2.24, 2.45) is 0 Å². The molecule has 0 saturated carbocycles. The van der Waals surface area contributed by atoms with Crippen molar-refractivity contribution in [1.29, 1.82) is 0 Å². The molecule has 0 bridgehead atoms. The van der Waals surface area contributed by atoms with Crippen LogP contribution in [0.25, 0.3) is 0 Å². The maximum atomic E-state index is 12.2. The van der Waals surface area contributed by atoms with Gasteiger partial charge in [0.15, 0.2) is 0 Å². The molecule has 0 atom stereocenters. The van der Waals surface area contributed by atoms with Gasteiger partial charge in [-0.05, 0) is 31.5 Å². The van der Waals surface area contributed by atoms with Crippen LogP contribution in [0.5, 0.6) is 0 Å². The summed E-state index contributed by atoms with van der Waals surface area (Å²) >= 11 is 12.0. The Morgan fingerprint density at radius 2 is 2.00 bits per heavy atom. The van der Waals surface area contributed by atoms with Crippen LogP contribution < -0.4 is 5.32 Å². The lowest BCUT2D eigenvalue weighted by Crippen LogP contribution is -2.48. The Bertz CT molecular complexity index is 619. The van der Waals surface area contributed by atoms with Crippen molar-refractivity contribution in [2.45, 2.75) is 25.8 Å². The number of carbonyl (C=O) groups excluding carboxylic acids is 1. The number of benzene rings is 1. The van der Waals surface area contributed by atoms with Crippen LogP contribution in [-0.2, 0) is 9.59 Å². The molecule has 25 heavy (non-hydrogen) atoms. The Morgan fingerprint density at radius 1 is 1.32 bits per heavy atom. The van der Waals surface area contributed by atoms with E-state index < -0.39 is 5.97 Å². The summed E-state index contributed by atoms with van der Waals surface area (Å²) in [6.45, 7) is 4.55. The molecule has 1 aromatic carbocycles. The lowest BCUT2D eigenvalue weighted by atomic mass is 10.0. The molecule has 0 unspecified atom stereocenters. The average molecular weight is 388 g/mol. The van der Waals surface area contributed by atoms with Crippen molar-refractivity contribution in [1.82, 2.24) is 9.80 Å². The number of halogens is 2. The molecule has 1 aliphatic rings. The minimum atomic E-state index is -0.804. The van der Waals surface area contributed by atoms with Crippen LogP contribution in [-0.4, -0.2) is 65.5 Å². The molecule has 1 saturated heterocycles. The SMILES string of the molecule is CCN(CC(=O)O)C1CCN(CC(=O)Nc2cccc(Cl)c2Cl)CC1. The van der Waals surface area contributed by atoms with Gasteiger partial charge in [0.1, 0.15) is 0 Å². The van der Waals surface area contributed by atoms with E-state index in [4.69, 9.17) is 28.3 Å². The van der Waals surface area contributed by atoms with Crippen molar-refractivity contribution in [2.75, 3.05) is 38.0 Å². The summed E-state index contributed by atoms with van der Waals surface area (Å²) in [4.78, 5) is 27.2. The molecule has 1 aliphatic heterocycles. The molecule has 1 amide bonds. The molecular weight excluding hydrogens is 365 g/mol. The maximum Gasteiger partial charge on any atom is 0.317 e. The Labute approximate surface area is 157 Å². The lowest BCUT2D eigenvalue weighted by molar-refractivity contribution is -0.139. The minimum absolute atomic E-state index is 0.0644. The van der Waals surface area contributed by atoms with Crippen molar-refractivity contribution >= 4 is 40.8 Å². The molecule has 6 nitrogen and oxygen atoms in total. The molecule has 138 valence electrons. The molecule has 1 aromatic rings. The van der Waals surface area contributed by atoms with Gasteiger partial charge in [-0.2, -0.15) is 0 Å². The highest BCUT2D eigenvalue weighted by Gasteiger charge is 2.26. The summed E-state index contributed by atoms with van der Waals surface area (Å²) in [5.74, 6) is -0.942. The number of aliphatic carboxylic acids is 1. The van der Waals surface area contributed by atoms with Crippen molar-refractivity contribution in [3.8, 4) is 0 Å². The monoisotopic (exact) mass is 387 g/mol. The molecule has 8 heteroatoms. The minimum Gasteiger partial charge on any atom is -0.480 e. The van der Waals surface area contributed by atoms with Gasteiger partial charge in [0.2, 0.25) is 5.91 Å². The zero-order valence-electron chi connectivity index (χ0n) is 14.2. The summed E-state index contributed by atoms with van der Waals surface area (Å²) in [6.07, 6.45) is 1.71. The second-order valence-corrected chi connectivity index (χ2v) is 6.90. The van der Waals surface area contributed by atoms with E-state index in [2.05, 4.69) is 10.2 Å². The van der Waals surface area contributed by atoms with E-state index in [1.54, 1.807) is 18.2 Å². The van der Waals surface area contributed by atoms with Crippen molar-refractivity contribution < 1.29 is 14.7 Å². The maximum absolute atomic E-state index is 12.2. The van der Waals surface area contributed by atoms with E-state index in [0.29, 0.717) is 22.3 Å². The number of hydrogen-bond acceptors (Lipinski definition) is 4. The van der Waals surface area contributed by atoms with Gasteiger partial charge < -0.3 is 10.4 Å². The van der Waals surface area contributed by atoms with Crippen LogP contribution >= 0.6 is 23.2 Å². The van der Waals surface area contributed by atoms with E-state index in [1.807, 2.05) is 11.8 Å². The summed E-state index contributed by atoms with van der Waals surface area (Å²) in [5, 5.41) is 12.5. The van der Waals surface area contributed by atoms with E-state index in [-0.39, 0.29) is 25.0 Å². The zero-order chi connectivity index (χ0) is 18.4. The highest BCUT2D eigenvalue weighted by Crippen LogP contribution is 2.29. The number of rotatable bonds is 7. The van der Waals surface area contributed by atoms with Crippen LogP contribution in [0.1, 0.15) is 19.8 Å². The lowest BCUT2D eigenvalue weighted by Gasteiger charge is -2.37. The second-order valence-electron chi connectivity index (χ2n) is 6.11. The fraction of sp³-hybridized carbons (Fsp3) is 0.529. The normalized spacial score (nSPS) is 16.2. The first kappa shape index (κ1) is 20.0. The number of carbonyl (C=O) groups is 2. The number of carboxylic acid groups (broad SMARTS) is 1. The Balaban J connectivity index is 1.82. The molecule has 0 aliphatic carbocycles. The van der Waals surface area contributed by atoms with Gasteiger partial charge in [-0.3, -0.25) is 19.4 Å². The third-order valence-electron chi connectivity index (χ3n) is 4.41. The van der Waals surface area contributed by atoms with Gasteiger partial charge in [-0.15, -0.1) is 0 Å². The Morgan fingerprint density at radius 3 is 2.60 bits per heavy atom. The van der Waals surface area contributed by atoms with Crippen LogP contribution in [0, 0.1) is 0 Å². The number of nitrogens with one attached hydrogen (secondary N) is 1. The molecule has 1 heterocycles. The van der Waals surface area contributed by atoms with Crippen LogP contribution in [0.4, 0.5) is 5.69 Å². The number of amides is 1. The van der Waals surface area contributed by atoms with Gasteiger partial charge >= 0.3 is 5.97 Å². The number of likely N-dealkylation sites (tertiary alicyclic amines) is 1. The van der Waals surface area contributed by atoms with Crippen molar-refractivity contribution in [3.63, 3.8) is 0 Å². The molecule has 0 spiro atoms. The quantitative estimate of drug-likeness (QED) is 0.752. The highest BCUT2D eigenvalue weighted by molar-refractivity contribution is 6.43. The average Bonchev–Trinajstić information content (AvgIpc) is 2.57. The number of carboxylic acids is 1. The number of anilines is 1. The third-order valence-corrected chi connectivity index (χ3v) is 5.23. The first-order chi connectivity index (χ1) is 11.9. The number of likely N-dealkylation sites (N-methyl/N-ethyl adjacent to an activating group) is 1. The first-order valence-corrected chi connectivity index (χ1v) is 9.08. The summed E-state index contributed by atoms with van der Waals surface area (Å²) in [5.41, 5.74) is 0.507. The number of nitrogens with zero attached hydrogens (tertiary/aromatic N) is 2. The van der Waals surface area contributed by atoms with Gasteiger partial charge in [-0.1, -0.05) is 36.2 Å². The summed E-state index contributed by atoms with van der Waals surface area (Å²) in [7, 11) is 0. The smallest absolute Gasteiger partial charge is 0.317 e. The summed E-state index contributed by atoms with van der Waals surface area (Å²) < 4.78 is 0. The third kappa shape index (κ3) is 5.85. The van der Waals surface area contributed by atoms with Crippen LogP contribution in [0.2, 0.25) is 10.0 Å². The number of piperidine rings is 1. The molecule has 1 fully saturated rings. The standard InChI is InChI=1S/C17H23Cl2N3O3/c1-2-22(11-16(24)25)12-6-8-21(9-7-12)10-15(23)20-14-5-3-4-13(18)17(14)19/h3-5,12H,2,6-11H2,1H3,(H,20,23)(H,24,25). The molecule has 0 radical (unpaired) electrons.